The maximum absolute atomic E-state index is 12.4. The van der Waals surface area contributed by atoms with Crippen molar-refractivity contribution in [2.24, 2.45) is 0 Å². The zero-order valence-corrected chi connectivity index (χ0v) is 9.84. The smallest absolute Gasteiger partial charge is 0.213 e. The first-order valence-corrected chi connectivity index (χ1v) is 6.80. The highest BCUT2D eigenvalue weighted by atomic mass is 32.2. The zero-order valence-electron chi connectivity index (χ0n) is 9.02. The van der Waals surface area contributed by atoms with Gasteiger partial charge in [-0.05, 0) is 18.6 Å². The minimum absolute atomic E-state index is 0.109. The third kappa shape index (κ3) is 4.57. The summed E-state index contributed by atoms with van der Waals surface area (Å²) in [7, 11) is -2.94. The van der Waals surface area contributed by atoms with Crippen LogP contribution in [0.2, 0.25) is 0 Å². The molecule has 0 fully saturated rings. The molecule has 0 aliphatic rings. The van der Waals surface area contributed by atoms with Gasteiger partial charge in [-0.25, -0.2) is 13.4 Å². The van der Waals surface area contributed by atoms with Crippen molar-refractivity contribution in [3.63, 3.8) is 0 Å². The summed E-state index contributed by atoms with van der Waals surface area (Å²) in [5.41, 5.74) is 0. The Morgan fingerprint density at radius 3 is 2.75 bits per heavy atom. The van der Waals surface area contributed by atoms with Gasteiger partial charge in [0.25, 0.3) is 0 Å². The minimum atomic E-state index is -2.94. The van der Waals surface area contributed by atoms with Crippen molar-refractivity contribution >= 4 is 9.84 Å². The zero-order chi connectivity index (χ0) is 12.0. The summed E-state index contributed by atoms with van der Waals surface area (Å²) in [4.78, 5) is 3.41. The van der Waals surface area contributed by atoms with Crippen LogP contribution in [0, 0.1) is 5.95 Å². The molecule has 0 amide bonds. The topological polar surface area (TPSA) is 56.3 Å². The standard InChI is InChI=1S/C10H14FNO3S/c1-2-16(13,14)7-3-6-15-9-4-5-10(11)12-8-9/h4-5,8H,2-3,6-7H2,1H3. The monoisotopic (exact) mass is 247 g/mol. The average molecular weight is 247 g/mol. The highest BCUT2D eigenvalue weighted by Crippen LogP contribution is 2.08. The van der Waals surface area contributed by atoms with Gasteiger partial charge in [-0.15, -0.1) is 0 Å². The van der Waals surface area contributed by atoms with Gasteiger partial charge in [-0.1, -0.05) is 6.92 Å². The second-order valence-corrected chi connectivity index (χ2v) is 5.73. The summed E-state index contributed by atoms with van der Waals surface area (Å²) in [6.07, 6.45) is 1.69. The van der Waals surface area contributed by atoms with Gasteiger partial charge in [-0.2, -0.15) is 4.39 Å². The summed E-state index contributed by atoms with van der Waals surface area (Å²) in [6.45, 7) is 1.90. The van der Waals surface area contributed by atoms with E-state index in [4.69, 9.17) is 4.74 Å². The fourth-order valence-electron chi connectivity index (χ4n) is 1.06. The Kier molecular flexibility index (Phi) is 4.67. The lowest BCUT2D eigenvalue weighted by molar-refractivity contribution is 0.315. The lowest BCUT2D eigenvalue weighted by atomic mass is 10.4. The van der Waals surface area contributed by atoms with E-state index in [1.165, 1.54) is 18.3 Å². The molecule has 1 aromatic heterocycles. The molecule has 90 valence electrons. The molecule has 0 atom stereocenters. The number of aromatic nitrogens is 1. The number of hydrogen-bond acceptors (Lipinski definition) is 4. The van der Waals surface area contributed by atoms with Gasteiger partial charge in [0.15, 0.2) is 0 Å². The molecule has 0 aromatic carbocycles. The Bertz CT molecular complexity index is 416. The quantitative estimate of drug-likeness (QED) is 0.563. The van der Waals surface area contributed by atoms with Crippen LogP contribution in [-0.4, -0.2) is 31.5 Å². The third-order valence-electron chi connectivity index (χ3n) is 2.01. The Labute approximate surface area is 94.4 Å². The van der Waals surface area contributed by atoms with E-state index < -0.39 is 15.8 Å². The van der Waals surface area contributed by atoms with Crippen LogP contribution in [0.25, 0.3) is 0 Å². The molecule has 0 spiro atoms. The molecule has 1 rings (SSSR count). The number of nitrogens with zero attached hydrogens (tertiary/aromatic N) is 1. The van der Waals surface area contributed by atoms with E-state index in [0.717, 1.165) is 0 Å². The SMILES string of the molecule is CCS(=O)(=O)CCCOc1ccc(F)nc1. The van der Waals surface area contributed by atoms with Crippen LogP contribution >= 0.6 is 0 Å². The molecule has 4 nitrogen and oxygen atoms in total. The molecule has 16 heavy (non-hydrogen) atoms. The first kappa shape index (κ1) is 12.9. The van der Waals surface area contributed by atoms with E-state index in [0.29, 0.717) is 12.2 Å². The van der Waals surface area contributed by atoms with Gasteiger partial charge >= 0.3 is 0 Å². The molecule has 0 radical (unpaired) electrons. The Morgan fingerprint density at radius 2 is 2.19 bits per heavy atom. The minimum Gasteiger partial charge on any atom is -0.492 e. The normalized spacial score (nSPS) is 11.4. The first-order chi connectivity index (χ1) is 7.53. The number of halogens is 1. The number of ether oxygens (including phenoxy) is 1. The van der Waals surface area contributed by atoms with Crippen LogP contribution in [0.5, 0.6) is 5.75 Å². The van der Waals surface area contributed by atoms with Crippen molar-refractivity contribution in [2.45, 2.75) is 13.3 Å². The highest BCUT2D eigenvalue weighted by molar-refractivity contribution is 7.91. The summed E-state index contributed by atoms with van der Waals surface area (Å²) < 4.78 is 39.9. The van der Waals surface area contributed by atoms with Crippen molar-refractivity contribution in [2.75, 3.05) is 18.1 Å². The van der Waals surface area contributed by atoms with E-state index in [2.05, 4.69) is 4.98 Å². The van der Waals surface area contributed by atoms with E-state index >= 15 is 0 Å². The second-order valence-electron chi connectivity index (χ2n) is 3.26. The van der Waals surface area contributed by atoms with E-state index in [1.54, 1.807) is 6.92 Å². The van der Waals surface area contributed by atoms with Crippen molar-refractivity contribution in [3.8, 4) is 5.75 Å². The van der Waals surface area contributed by atoms with Crippen LogP contribution < -0.4 is 4.74 Å². The summed E-state index contributed by atoms with van der Waals surface area (Å²) >= 11 is 0. The van der Waals surface area contributed by atoms with Gasteiger partial charge in [0, 0.05) is 5.75 Å². The molecule has 0 aliphatic heterocycles. The highest BCUT2D eigenvalue weighted by Gasteiger charge is 2.06. The fraction of sp³-hybridized carbons (Fsp3) is 0.500. The van der Waals surface area contributed by atoms with Gasteiger partial charge < -0.3 is 4.74 Å². The largest absolute Gasteiger partial charge is 0.492 e. The Balaban J connectivity index is 2.29. The lowest BCUT2D eigenvalue weighted by Gasteiger charge is -2.05. The van der Waals surface area contributed by atoms with E-state index in [-0.39, 0.29) is 18.1 Å². The van der Waals surface area contributed by atoms with Gasteiger partial charge in [0.05, 0.1) is 18.6 Å². The Hall–Kier alpha value is -1.17. The molecule has 0 bridgehead atoms. The fourth-order valence-corrected chi connectivity index (χ4v) is 1.91. The number of rotatable bonds is 6. The van der Waals surface area contributed by atoms with E-state index in [1.807, 2.05) is 0 Å². The lowest BCUT2D eigenvalue weighted by Crippen LogP contribution is -2.11. The molecule has 6 heteroatoms. The number of hydrogen-bond donors (Lipinski definition) is 0. The molecular formula is C10H14FNO3S. The van der Waals surface area contributed by atoms with Crippen LogP contribution in [-0.2, 0) is 9.84 Å². The van der Waals surface area contributed by atoms with Crippen LogP contribution in [0.4, 0.5) is 4.39 Å². The molecule has 0 N–H and O–H groups in total. The molecule has 0 aliphatic carbocycles. The van der Waals surface area contributed by atoms with Crippen molar-refractivity contribution in [1.29, 1.82) is 0 Å². The van der Waals surface area contributed by atoms with Crippen LogP contribution in [0.15, 0.2) is 18.3 Å². The maximum atomic E-state index is 12.4. The summed E-state index contributed by atoms with van der Waals surface area (Å²) in [5.74, 6) is 0.125. The van der Waals surface area contributed by atoms with Gasteiger partial charge in [0.1, 0.15) is 15.6 Å². The molecule has 1 heterocycles. The predicted molar refractivity (Wildman–Crippen MR) is 58.6 cm³/mol. The van der Waals surface area contributed by atoms with Crippen LogP contribution in [0.1, 0.15) is 13.3 Å². The summed E-state index contributed by atoms with van der Waals surface area (Å²) in [6, 6.07) is 2.65. The molecule has 1 aromatic rings. The second kappa shape index (κ2) is 5.79. The number of sulfone groups is 1. The summed E-state index contributed by atoms with van der Waals surface area (Å²) in [5, 5.41) is 0. The molecular weight excluding hydrogens is 233 g/mol. The Morgan fingerprint density at radius 1 is 1.44 bits per heavy atom. The van der Waals surface area contributed by atoms with Gasteiger partial charge in [0.2, 0.25) is 5.95 Å². The van der Waals surface area contributed by atoms with Gasteiger partial charge in [-0.3, -0.25) is 0 Å². The first-order valence-electron chi connectivity index (χ1n) is 4.98. The van der Waals surface area contributed by atoms with Crippen molar-refractivity contribution in [3.05, 3.63) is 24.3 Å². The van der Waals surface area contributed by atoms with Crippen molar-refractivity contribution < 1.29 is 17.5 Å². The maximum Gasteiger partial charge on any atom is 0.213 e. The van der Waals surface area contributed by atoms with Crippen LogP contribution in [0.3, 0.4) is 0 Å². The predicted octanol–water partition coefficient (Wildman–Crippen LogP) is 1.42. The third-order valence-corrected chi connectivity index (χ3v) is 3.80. The average Bonchev–Trinajstić information content (AvgIpc) is 2.27. The molecule has 0 saturated carbocycles. The molecule has 0 saturated heterocycles. The molecule has 0 unspecified atom stereocenters. The van der Waals surface area contributed by atoms with E-state index in [9.17, 15) is 12.8 Å². The number of pyridine rings is 1. The van der Waals surface area contributed by atoms with Crippen molar-refractivity contribution in [1.82, 2.24) is 4.98 Å².